The Labute approximate surface area is 119 Å². The van der Waals surface area contributed by atoms with Gasteiger partial charge in [-0.3, -0.25) is 0 Å². The minimum Gasteiger partial charge on any atom is -0.0884 e. The molecule has 18 heavy (non-hydrogen) atoms. The van der Waals surface area contributed by atoms with Crippen LogP contribution in [0.4, 0.5) is 0 Å². The molecule has 0 aliphatic heterocycles. The molecule has 0 aromatic heterocycles. The van der Waals surface area contributed by atoms with Gasteiger partial charge in [-0.15, -0.1) is 0 Å². The van der Waals surface area contributed by atoms with E-state index in [0.29, 0.717) is 4.83 Å². The highest BCUT2D eigenvalue weighted by Crippen LogP contribution is 2.51. The van der Waals surface area contributed by atoms with Gasteiger partial charge in [-0.25, -0.2) is 0 Å². The summed E-state index contributed by atoms with van der Waals surface area (Å²) in [7, 11) is 0. The van der Waals surface area contributed by atoms with Crippen LogP contribution in [0.2, 0.25) is 0 Å². The summed E-state index contributed by atoms with van der Waals surface area (Å²) in [6.07, 6.45) is 7.19. The van der Waals surface area contributed by atoms with Gasteiger partial charge in [0, 0.05) is 4.83 Å². The van der Waals surface area contributed by atoms with Crippen molar-refractivity contribution in [1.82, 2.24) is 0 Å². The third kappa shape index (κ3) is 2.39. The van der Waals surface area contributed by atoms with Gasteiger partial charge in [0.2, 0.25) is 0 Å². The maximum atomic E-state index is 3.99. The molecule has 0 saturated heterocycles. The first-order chi connectivity index (χ1) is 8.63. The molecule has 2 aliphatic rings. The zero-order valence-corrected chi connectivity index (χ0v) is 13.0. The van der Waals surface area contributed by atoms with Crippen molar-refractivity contribution in [2.75, 3.05) is 0 Å². The number of aryl methyl sites for hydroxylation is 2. The van der Waals surface area contributed by atoms with Gasteiger partial charge in [-0.05, 0) is 74.0 Å². The van der Waals surface area contributed by atoms with E-state index < -0.39 is 0 Å². The molecule has 0 radical (unpaired) electrons. The van der Waals surface area contributed by atoms with Crippen molar-refractivity contribution in [2.24, 2.45) is 17.8 Å². The molecule has 3 rings (SSSR count). The second-order valence-corrected chi connectivity index (χ2v) is 7.65. The molecule has 4 unspecified atom stereocenters. The summed E-state index contributed by atoms with van der Waals surface area (Å²) in [5.41, 5.74) is 4.34. The van der Waals surface area contributed by atoms with Crippen molar-refractivity contribution in [1.29, 1.82) is 0 Å². The zero-order chi connectivity index (χ0) is 12.7. The Bertz CT molecular complexity index is 437. The summed E-state index contributed by atoms with van der Waals surface area (Å²) >= 11 is 3.99. The lowest BCUT2D eigenvalue weighted by molar-refractivity contribution is 0.326. The van der Waals surface area contributed by atoms with E-state index in [-0.39, 0.29) is 0 Å². The zero-order valence-electron chi connectivity index (χ0n) is 11.5. The molecule has 1 heteroatoms. The average Bonchev–Trinajstić information content (AvgIpc) is 2.96. The molecular weight excluding hydrogens is 284 g/mol. The Kier molecular flexibility index (Phi) is 3.53. The molecule has 98 valence electrons. The average molecular weight is 307 g/mol. The van der Waals surface area contributed by atoms with Crippen LogP contribution in [0.25, 0.3) is 0 Å². The lowest BCUT2D eigenvalue weighted by atomic mass is 9.84. The topological polar surface area (TPSA) is 0 Å². The van der Waals surface area contributed by atoms with Crippen LogP contribution in [0.5, 0.6) is 0 Å². The van der Waals surface area contributed by atoms with Crippen LogP contribution in [-0.4, -0.2) is 4.83 Å². The van der Waals surface area contributed by atoms with Gasteiger partial charge in [0.05, 0.1) is 0 Å². The van der Waals surface area contributed by atoms with Crippen LogP contribution in [0.3, 0.4) is 0 Å². The van der Waals surface area contributed by atoms with Gasteiger partial charge in [-0.2, -0.15) is 0 Å². The summed E-state index contributed by atoms with van der Waals surface area (Å²) in [4.78, 5) is 0.690. The Balaban J connectivity index is 1.67. The van der Waals surface area contributed by atoms with Crippen LogP contribution >= 0.6 is 15.9 Å². The highest BCUT2D eigenvalue weighted by molar-refractivity contribution is 9.09. The van der Waals surface area contributed by atoms with Crippen LogP contribution in [0.1, 0.15) is 42.4 Å². The number of benzene rings is 1. The molecule has 0 nitrogen and oxygen atoms in total. The van der Waals surface area contributed by atoms with E-state index in [1.54, 1.807) is 0 Å². The highest BCUT2D eigenvalue weighted by atomic mass is 79.9. The Hall–Kier alpha value is -0.300. The molecule has 0 spiro atoms. The quantitative estimate of drug-likeness (QED) is 0.686. The van der Waals surface area contributed by atoms with E-state index in [0.717, 1.165) is 17.8 Å². The first-order valence-electron chi connectivity index (χ1n) is 7.33. The molecule has 2 fully saturated rings. The first kappa shape index (κ1) is 12.7. The fourth-order valence-corrected chi connectivity index (χ4v) is 5.07. The summed E-state index contributed by atoms with van der Waals surface area (Å²) in [6, 6.07) is 6.95. The van der Waals surface area contributed by atoms with E-state index in [1.165, 1.54) is 48.8 Å². The molecule has 1 aromatic carbocycles. The number of fused-ring (bicyclic) bond motifs is 2. The smallest absolute Gasteiger partial charge is 0.0217 e. The van der Waals surface area contributed by atoms with Crippen LogP contribution in [-0.2, 0) is 6.42 Å². The van der Waals surface area contributed by atoms with E-state index >= 15 is 0 Å². The Morgan fingerprint density at radius 2 is 2.00 bits per heavy atom. The maximum absolute atomic E-state index is 3.99. The minimum atomic E-state index is 0.690. The van der Waals surface area contributed by atoms with Crippen LogP contribution < -0.4 is 0 Å². The molecule has 2 aliphatic carbocycles. The number of halogens is 1. The summed E-state index contributed by atoms with van der Waals surface area (Å²) in [5, 5.41) is 0. The predicted octanol–water partition coefficient (Wildman–Crippen LogP) is 5.05. The highest BCUT2D eigenvalue weighted by Gasteiger charge is 2.42. The van der Waals surface area contributed by atoms with Gasteiger partial charge in [0.15, 0.2) is 0 Å². The molecular formula is C17H23Br. The van der Waals surface area contributed by atoms with Crippen LogP contribution in [0.15, 0.2) is 18.2 Å². The summed E-state index contributed by atoms with van der Waals surface area (Å²) < 4.78 is 0. The third-order valence-corrected chi connectivity index (χ3v) is 6.26. The van der Waals surface area contributed by atoms with Gasteiger partial charge in [0.25, 0.3) is 0 Å². The summed E-state index contributed by atoms with van der Waals surface area (Å²) in [6.45, 7) is 4.42. The summed E-state index contributed by atoms with van der Waals surface area (Å²) in [5.74, 6) is 3.01. The van der Waals surface area contributed by atoms with E-state index in [2.05, 4.69) is 48.0 Å². The van der Waals surface area contributed by atoms with Crippen molar-refractivity contribution in [2.45, 2.75) is 50.8 Å². The van der Waals surface area contributed by atoms with Crippen molar-refractivity contribution >= 4 is 15.9 Å². The van der Waals surface area contributed by atoms with Crippen molar-refractivity contribution in [3.05, 3.63) is 34.9 Å². The molecule has 4 atom stereocenters. The van der Waals surface area contributed by atoms with E-state index in [4.69, 9.17) is 0 Å². The van der Waals surface area contributed by atoms with Gasteiger partial charge in [0.1, 0.15) is 0 Å². The van der Waals surface area contributed by atoms with Crippen molar-refractivity contribution in [3.63, 3.8) is 0 Å². The molecule has 2 saturated carbocycles. The monoisotopic (exact) mass is 306 g/mol. The molecule has 0 N–H and O–H groups in total. The molecule has 0 amide bonds. The Morgan fingerprint density at radius 1 is 1.17 bits per heavy atom. The number of rotatable bonds is 3. The predicted molar refractivity (Wildman–Crippen MR) is 81.3 cm³/mol. The minimum absolute atomic E-state index is 0.690. The van der Waals surface area contributed by atoms with Crippen molar-refractivity contribution < 1.29 is 0 Å². The maximum Gasteiger partial charge on any atom is 0.0217 e. The largest absolute Gasteiger partial charge is 0.0884 e. The lowest BCUT2D eigenvalue weighted by Gasteiger charge is -2.26. The van der Waals surface area contributed by atoms with Crippen molar-refractivity contribution in [3.8, 4) is 0 Å². The molecule has 2 bridgehead atoms. The third-order valence-electron chi connectivity index (χ3n) is 5.26. The van der Waals surface area contributed by atoms with Gasteiger partial charge < -0.3 is 0 Å². The van der Waals surface area contributed by atoms with Crippen LogP contribution in [0, 0.1) is 31.6 Å². The van der Waals surface area contributed by atoms with Gasteiger partial charge >= 0.3 is 0 Å². The van der Waals surface area contributed by atoms with E-state index in [9.17, 15) is 0 Å². The molecule has 0 heterocycles. The second kappa shape index (κ2) is 5.00. The van der Waals surface area contributed by atoms with Gasteiger partial charge in [-0.1, -0.05) is 40.5 Å². The normalized spacial score (nSPS) is 31.8. The number of hydrogen-bond donors (Lipinski definition) is 0. The standard InChI is InChI=1S/C17H23Br/c1-11-3-4-13(7-12(11)2)10-17(18)16-9-14-5-6-15(16)8-14/h3-4,7,14-17H,5-6,8-10H2,1-2H3. The van der Waals surface area contributed by atoms with E-state index in [1.807, 2.05) is 0 Å². The SMILES string of the molecule is Cc1ccc(CC(Br)C2CC3CCC2C3)cc1C. The second-order valence-electron chi connectivity index (χ2n) is 6.48. The molecule has 1 aromatic rings. The number of alkyl halides is 1. The first-order valence-corrected chi connectivity index (χ1v) is 8.25. The lowest BCUT2D eigenvalue weighted by Crippen LogP contribution is -2.22. The Morgan fingerprint density at radius 3 is 2.61 bits per heavy atom. The fourth-order valence-electron chi connectivity index (χ4n) is 4.04. The number of hydrogen-bond acceptors (Lipinski definition) is 0. The fraction of sp³-hybridized carbons (Fsp3) is 0.647.